The van der Waals surface area contributed by atoms with Gasteiger partial charge in [0.15, 0.2) is 0 Å². The molecule has 3 unspecified atom stereocenters. The summed E-state index contributed by atoms with van der Waals surface area (Å²) in [6.07, 6.45) is 1.45. The molecule has 7 heteroatoms. The summed E-state index contributed by atoms with van der Waals surface area (Å²) in [5.74, 6) is 0.506. The highest BCUT2D eigenvalue weighted by Gasteiger charge is 2.33. The fraction of sp³-hybridized carbons (Fsp3) is 0.500. The third-order valence-corrected chi connectivity index (χ3v) is 3.64. The molecule has 1 aliphatic carbocycles. The van der Waals surface area contributed by atoms with E-state index in [1.165, 1.54) is 0 Å². The number of nitrogens with one attached hydrogen (secondary N) is 1. The van der Waals surface area contributed by atoms with E-state index in [9.17, 15) is 13.5 Å². The van der Waals surface area contributed by atoms with Crippen LogP contribution in [0.15, 0.2) is 24.3 Å². The second-order valence-electron chi connectivity index (χ2n) is 4.79. The summed E-state index contributed by atoms with van der Waals surface area (Å²) >= 11 is 0. The van der Waals surface area contributed by atoms with Gasteiger partial charge in [0.25, 0.3) is 0 Å². The zero-order valence-electron chi connectivity index (χ0n) is 10.6. The molecule has 0 amide bonds. The largest absolute Gasteiger partial charge is 0.488 e. The number of hydrogen-bond donors (Lipinski definition) is 3. The standard InChI is InChI=1S/C12H18N2O4S/c1-19(16,17)14-8-3-2-4-9(7-8)18-11-6-5-10(13)12(11)15/h2-4,7,10-12,14-15H,5-6,13H2,1H3. The van der Waals surface area contributed by atoms with Crippen molar-refractivity contribution >= 4 is 15.7 Å². The van der Waals surface area contributed by atoms with Crippen LogP contribution in [0.4, 0.5) is 5.69 Å². The first kappa shape index (κ1) is 14.1. The number of aliphatic hydroxyl groups is 1. The Hall–Kier alpha value is -1.31. The molecule has 1 aromatic carbocycles. The number of nitrogens with two attached hydrogens (primary N) is 1. The lowest BCUT2D eigenvalue weighted by Crippen LogP contribution is -2.37. The molecule has 0 heterocycles. The maximum atomic E-state index is 11.1. The SMILES string of the molecule is CS(=O)(=O)Nc1cccc(OC2CCC(N)C2O)c1. The van der Waals surface area contributed by atoms with E-state index in [1.54, 1.807) is 24.3 Å². The van der Waals surface area contributed by atoms with Crippen LogP contribution in [0.3, 0.4) is 0 Å². The first-order chi connectivity index (χ1) is 8.85. The predicted molar refractivity (Wildman–Crippen MR) is 72.5 cm³/mol. The number of ether oxygens (including phenoxy) is 1. The molecule has 1 fully saturated rings. The summed E-state index contributed by atoms with van der Waals surface area (Å²) in [4.78, 5) is 0. The van der Waals surface area contributed by atoms with Crippen molar-refractivity contribution in [1.29, 1.82) is 0 Å². The van der Waals surface area contributed by atoms with E-state index in [0.29, 0.717) is 24.3 Å². The normalized spacial score (nSPS) is 27.2. The van der Waals surface area contributed by atoms with Gasteiger partial charge in [-0.15, -0.1) is 0 Å². The van der Waals surface area contributed by atoms with Crippen molar-refractivity contribution in [3.8, 4) is 5.75 Å². The van der Waals surface area contributed by atoms with Gasteiger partial charge in [0.05, 0.1) is 11.9 Å². The van der Waals surface area contributed by atoms with Crippen molar-refractivity contribution in [1.82, 2.24) is 0 Å². The van der Waals surface area contributed by atoms with E-state index < -0.39 is 16.1 Å². The first-order valence-electron chi connectivity index (χ1n) is 6.03. The van der Waals surface area contributed by atoms with Gasteiger partial charge in [-0.25, -0.2) is 8.42 Å². The predicted octanol–water partition coefficient (Wildman–Crippen LogP) is 0.287. The lowest BCUT2D eigenvalue weighted by Gasteiger charge is -2.19. The Morgan fingerprint density at radius 3 is 2.74 bits per heavy atom. The topological polar surface area (TPSA) is 102 Å². The molecular weight excluding hydrogens is 268 g/mol. The lowest BCUT2D eigenvalue weighted by molar-refractivity contribution is 0.0522. The van der Waals surface area contributed by atoms with Crippen LogP contribution >= 0.6 is 0 Å². The van der Waals surface area contributed by atoms with Gasteiger partial charge >= 0.3 is 0 Å². The number of rotatable bonds is 4. The molecule has 1 aliphatic rings. The molecule has 106 valence electrons. The highest BCUT2D eigenvalue weighted by Crippen LogP contribution is 2.26. The molecule has 6 nitrogen and oxygen atoms in total. The van der Waals surface area contributed by atoms with Crippen LogP contribution in [-0.2, 0) is 10.0 Å². The van der Waals surface area contributed by atoms with Crippen LogP contribution in [0, 0.1) is 0 Å². The molecular formula is C12H18N2O4S. The summed E-state index contributed by atoms with van der Waals surface area (Å²) in [6.45, 7) is 0. The maximum Gasteiger partial charge on any atom is 0.229 e. The fourth-order valence-corrected chi connectivity index (χ4v) is 2.68. The minimum Gasteiger partial charge on any atom is -0.488 e. The van der Waals surface area contributed by atoms with Gasteiger partial charge in [0.2, 0.25) is 10.0 Å². The molecule has 0 aliphatic heterocycles. The maximum absolute atomic E-state index is 11.1. The summed E-state index contributed by atoms with van der Waals surface area (Å²) in [7, 11) is -3.32. The summed E-state index contributed by atoms with van der Waals surface area (Å²) in [5, 5.41) is 9.81. The quantitative estimate of drug-likeness (QED) is 0.738. The van der Waals surface area contributed by atoms with Crippen molar-refractivity contribution in [3.63, 3.8) is 0 Å². The summed E-state index contributed by atoms with van der Waals surface area (Å²) < 4.78 is 30.3. The molecule has 4 N–H and O–H groups in total. The van der Waals surface area contributed by atoms with E-state index >= 15 is 0 Å². The van der Waals surface area contributed by atoms with Crippen LogP contribution < -0.4 is 15.2 Å². The van der Waals surface area contributed by atoms with Gasteiger partial charge in [0, 0.05) is 12.1 Å². The Morgan fingerprint density at radius 2 is 2.16 bits per heavy atom. The van der Waals surface area contributed by atoms with Gasteiger partial charge in [-0.2, -0.15) is 0 Å². The molecule has 3 atom stereocenters. The highest BCUT2D eigenvalue weighted by molar-refractivity contribution is 7.92. The molecule has 2 rings (SSSR count). The van der Waals surface area contributed by atoms with Gasteiger partial charge in [-0.05, 0) is 25.0 Å². The van der Waals surface area contributed by atoms with Crippen molar-refractivity contribution in [3.05, 3.63) is 24.3 Å². The Bertz CT molecular complexity index is 546. The van der Waals surface area contributed by atoms with Crippen LogP contribution in [0.5, 0.6) is 5.75 Å². The Morgan fingerprint density at radius 1 is 1.42 bits per heavy atom. The zero-order chi connectivity index (χ0) is 14.0. The van der Waals surface area contributed by atoms with Crippen molar-refractivity contribution in [2.45, 2.75) is 31.1 Å². The van der Waals surface area contributed by atoms with E-state index in [1.807, 2.05) is 0 Å². The molecule has 0 spiro atoms. The van der Waals surface area contributed by atoms with Crippen LogP contribution in [-0.4, -0.2) is 38.0 Å². The number of hydrogen-bond acceptors (Lipinski definition) is 5. The van der Waals surface area contributed by atoms with Crippen molar-refractivity contribution in [2.24, 2.45) is 5.73 Å². The van der Waals surface area contributed by atoms with Crippen LogP contribution in [0.1, 0.15) is 12.8 Å². The van der Waals surface area contributed by atoms with Gasteiger partial charge in [-0.3, -0.25) is 4.72 Å². The number of benzene rings is 1. The Kier molecular flexibility index (Phi) is 3.98. The monoisotopic (exact) mass is 286 g/mol. The molecule has 0 radical (unpaired) electrons. The highest BCUT2D eigenvalue weighted by atomic mass is 32.2. The molecule has 1 saturated carbocycles. The fourth-order valence-electron chi connectivity index (χ4n) is 2.12. The Labute approximate surface area is 112 Å². The average molecular weight is 286 g/mol. The minimum absolute atomic E-state index is 0.262. The summed E-state index contributed by atoms with van der Waals surface area (Å²) in [6, 6.07) is 6.35. The van der Waals surface area contributed by atoms with Crippen molar-refractivity contribution in [2.75, 3.05) is 11.0 Å². The average Bonchev–Trinajstić information content (AvgIpc) is 2.59. The lowest BCUT2D eigenvalue weighted by atomic mass is 10.2. The van der Waals surface area contributed by atoms with Crippen LogP contribution in [0.2, 0.25) is 0 Å². The van der Waals surface area contributed by atoms with Crippen LogP contribution in [0.25, 0.3) is 0 Å². The van der Waals surface area contributed by atoms with E-state index in [2.05, 4.69) is 4.72 Å². The van der Waals surface area contributed by atoms with E-state index in [-0.39, 0.29) is 12.1 Å². The molecule has 1 aromatic rings. The third-order valence-electron chi connectivity index (χ3n) is 3.03. The molecule has 0 bridgehead atoms. The van der Waals surface area contributed by atoms with Gasteiger partial charge in [-0.1, -0.05) is 6.07 Å². The summed E-state index contributed by atoms with van der Waals surface area (Å²) in [5.41, 5.74) is 6.14. The second kappa shape index (κ2) is 5.36. The van der Waals surface area contributed by atoms with Crippen molar-refractivity contribution < 1.29 is 18.3 Å². The second-order valence-corrected chi connectivity index (χ2v) is 6.54. The van der Waals surface area contributed by atoms with E-state index in [4.69, 9.17) is 10.5 Å². The minimum atomic E-state index is -3.32. The number of sulfonamides is 1. The first-order valence-corrected chi connectivity index (χ1v) is 7.92. The smallest absolute Gasteiger partial charge is 0.229 e. The van der Waals surface area contributed by atoms with Gasteiger partial charge < -0.3 is 15.6 Å². The number of anilines is 1. The molecule has 19 heavy (non-hydrogen) atoms. The molecule has 0 saturated heterocycles. The Balaban J connectivity index is 2.07. The third kappa shape index (κ3) is 3.82. The van der Waals surface area contributed by atoms with Gasteiger partial charge in [0.1, 0.15) is 18.0 Å². The zero-order valence-corrected chi connectivity index (χ0v) is 11.4. The molecule has 0 aromatic heterocycles. The number of aliphatic hydroxyl groups excluding tert-OH is 1. The van der Waals surface area contributed by atoms with E-state index in [0.717, 1.165) is 6.26 Å².